The molecule has 0 atom stereocenters. The molecule has 0 aromatic heterocycles. The number of aliphatic imine (C=N–C) groups is 1. The Labute approximate surface area is 135 Å². The van der Waals surface area contributed by atoms with Crippen LogP contribution in [-0.2, 0) is 4.74 Å². The van der Waals surface area contributed by atoms with Crippen LogP contribution in [0.25, 0.3) is 0 Å². The summed E-state index contributed by atoms with van der Waals surface area (Å²) in [6.07, 6.45) is 2.36. The molecular formula is C13H31IN4O. The summed E-state index contributed by atoms with van der Waals surface area (Å²) in [6, 6.07) is 0.626. The minimum Gasteiger partial charge on any atom is -0.383 e. The fourth-order valence-electron chi connectivity index (χ4n) is 1.44. The lowest BCUT2D eigenvalue weighted by molar-refractivity contribution is 0.203. The van der Waals surface area contributed by atoms with E-state index in [1.165, 1.54) is 6.42 Å². The molecule has 0 unspecified atom stereocenters. The summed E-state index contributed by atoms with van der Waals surface area (Å²) in [7, 11) is 5.65. The maximum Gasteiger partial charge on any atom is 0.191 e. The fraction of sp³-hybridized carbons (Fsp3) is 0.923. The van der Waals surface area contributed by atoms with Gasteiger partial charge in [0.25, 0.3) is 0 Å². The summed E-state index contributed by atoms with van der Waals surface area (Å²) in [6.45, 7) is 8.03. The van der Waals surface area contributed by atoms with Crippen molar-refractivity contribution in [3.05, 3.63) is 0 Å². The molecule has 0 aliphatic heterocycles. The van der Waals surface area contributed by atoms with Crippen LogP contribution in [0, 0.1) is 0 Å². The summed E-state index contributed by atoms with van der Waals surface area (Å²) < 4.78 is 4.98. The Hall–Kier alpha value is -0.0800. The summed E-state index contributed by atoms with van der Waals surface area (Å²) in [5.74, 6) is 0.851. The van der Waals surface area contributed by atoms with Gasteiger partial charge in [-0.25, -0.2) is 0 Å². The van der Waals surface area contributed by atoms with Crippen LogP contribution in [0.3, 0.4) is 0 Å². The van der Waals surface area contributed by atoms with E-state index in [9.17, 15) is 0 Å². The van der Waals surface area contributed by atoms with Crippen molar-refractivity contribution >= 4 is 29.9 Å². The van der Waals surface area contributed by atoms with Gasteiger partial charge >= 0.3 is 0 Å². The lowest BCUT2D eigenvalue weighted by Crippen LogP contribution is -2.39. The van der Waals surface area contributed by atoms with Gasteiger partial charge in [-0.1, -0.05) is 0 Å². The van der Waals surface area contributed by atoms with E-state index in [0.717, 1.165) is 32.0 Å². The molecule has 0 saturated carbocycles. The van der Waals surface area contributed by atoms with E-state index in [1.807, 2.05) is 0 Å². The molecule has 0 heterocycles. The number of hydrogen-bond donors (Lipinski definition) is 2. The maximum absolute atomic E-state index is 4.98. The number of guanidine groups is 1. The zero-order valence-corrected chi connectivity index (χ0v) is 15.4. The van der Waals surface area contributed by atoms with Crippen LogP contribution in [0.1, 0.15) is 26.7 Å². The maximum atomic E-state index is 4.98. The van der Waals surface area contributed by atoms with Crippen LogP contribution >= 0.6 is 24.0 Å². The van der Waals surface area contributed by atoms with Crippen molar-refractivity contribution in [2.75, 3.05) is 47.4 Å². The molecule has 19 heavy (non-hydrogen) atoms. The van der Waals surface area contributed by atoms with Crippen molar-refractivity contribution in [3.63, 3.8) is 0 Å². The lowest BCUT2D eigenvalue weighted by Gasteiger charge is -2.20. The Kier molecular flexibility index (Phi) is 16.0. The van der Waals surface area contributed by atoms with E-state index in [2.05, 4.69) is 41.4 Å². The average Bonchev–Trinajstić information content (AvgIpc) is 2.36. The van der Waals surface area contributed by atoms with E-state index < -0.39 is 0 Å². The van der Waals surface area contributed by atoms with Crippen molar-refractivity contribution in [2.45, 2.75) is 32.7 Å². The third kappa shape index (κ3) is 12.7. The first-order valence-electron chi connectivity index (χ1n) is 6.75. The average molecular weight is 386 g/mol. The topological polar surface area (TPSA) is 48.9 Å². The number of hydrogen-bond acceptors (Lipinski definition) is 3. The molecule has 0 aromatic rings. The summed E-state index contributed by atoms with van der Waals surface area (Å²) in [5, 5.41) is 6.49. The molecule has 0 saturated heterocycles. The van der Waals surface area contributed by atoms with Gasteiger partial charge in [0.2, 0.25) is 0 Å². The van der Waals surface area contributed by atoms with Gasteiger partial charge in [0.05, 0.1) is 6.61 Å². The minimum atomic E-state index is 0. The molecule has 0 amide bonds. The van der Waals surface area contributed by atoms with Crippen molar-refractivity contribution in [3.8, 4) is 0 Å². The molecule has 0 aliphatic carbocycles. The molecule has 0 radical (unpaired) electrons. The predicted octanol–water partition coefficient (Wildman–Crippen LogP) is 1.54. The molecule has 0 fully saturated rings. The Balaban J connectivity index is 0. The molecule has 0 aliphatic rings. The molecule has 5 nitrogen and oxygen atoms in total. The van der Waals surface area contributed by atoms with E-state index in [1.54, 1.807) is 14.2 Å². The fourth-order valence-corrected chi connectivity index (χ4v) is 1.44. The molecule has 6 heteroatoms. The summed E-state index contributed by atoms with van der Waals surface area (Å²) in [4.78, 5) is 6.52. The number of ether oxygens (including phenoxy) is 1. The number of unbranched alkanes of at least 4 members (excludes halogenated alkanes) is 1. The van der Waals surface area contributed by atoms with Crippen molar-refractivity contribution in [2.24, 2.45) is 4.99 Å². The summed E-state index contributed by atoms with van der Waals surface area (Å²) in [5.41, 5.74) is 0. The molecule has 2 N–H and O–H groups in total. The Morgan fingerprint density at radius 2 is 1.84 bits per heavy atom. The highest BCUT2D eigenvalue weighted by molar-refractivity contribution is 14.0. The second-order valence-corrected chi connectivity index (χ2v) is 4.70. The molecular weight excluding hydrogens is 355 g/mol. The van der Waals surface area contributed by atoms with Gasteiger partial charge in [-0.15, -0.1) is 24.0 Å². The normalized spacial score (nSPS) is 11.6. The predicted molar refractivity (Wildman–Crippen MR) is 93.7 cm³/mol. The van der Waals surface area contributed by atoms with Crippen LogP contribution in [0.15, 0.2) is 4.99 Å². The van der Waals surface area contributed by atoms with E-state index in [4.69, 9.17) is 4.74 Å². The molecule has 0 bridgehead atoms. The second-order valence-electron chi connectivity index (χ2n) is 4.70. The molecule has 0 aromatic carbocycles. The third-order valence-electron chi connectivity index (χ3n) is 2.93. The van der Waals surface area contributed by atoms with Crippen molar-refractivity contribution in [1.82, 2.24) is 15.5 Å². The Bertz CT molecular complexity index is 225. The highest BCUT2D eigenvalue weighted by Gasteiger charge is 2.02. The van der Waals surface area contributed by atoms with Gasteiger partial charge in [-0.3, -0.25) is 4.99 Å². The van der Waals surface area contributed by atoms with Crippen LogP contribution < -0.4 is 10.6 Å². The van der Waals surface area contributed by atoms with Gasteiger partial charge in [-0.2, -0.15) is 0 Å². The monoisotopic (exact) mass is 386 g/mol. The zero-order chi connectivity index (χ0) is 13.8. The lowest BCUT2D eigenvalue weighted by atomic mass is 10.2. The van der Waals surface area contributed by atoms with Crippen molar-refractivity contribution in [1.29, 1.82) is 0 Å². The first-order valence-corrected chi connectivity index (χ1v) is 6.75. The molecule has 0 rings (SSSR count). The molecule has 0 spiro atoms. The smallest absolute Gasteiger partial charge is 0.191 e. The highest BCUT2D eigenvalue weighted by Crippen LogP contribution is 1.97. The standard InChI is InChI=1S/C13H30N4O.HI/c1-12(2)17(4)10-7-6-8-15-13(14-3)16-9-11-18-5;/h12H,6-11H2,1-5H3,(H2,14,15,16);1H. The summed E-state index contributed by atoms with van der Waals surface area (Å²) >= 11 is 0. The second kappa shape index (κ2) is 14.3. The first kappa shape index (κ1) is 21.2. The van der Waals surface area contributed by atoms with Crippen LogP contribution in [0.2, 0.25) is 0 Å². The van der Waals surface area contributed by atoms with Gasteiger partial charge in [-0.05, 0) is 40.3 Å². The van der Waals surface area contributed by atoms with Crippen LogP contribution in [0.4, 0.5) is 0 Å². The van der Waals surface area contributed by atoms with Crippen LogP contribution in [-0.4, -0.2) is 64.3 Å². The Morgan fingerprint density at radius 3 is 2.37 bits per heavy atom. The number of methoxy groups -OCH3 is 1. The minimum absolute atomic E-state index is 0. The van der Waals surface area contributed by atoms with E-state index in [0.29, 0.717) is 12.6 Å². The van der Waals surface area contributed by atoms with Crippen molar-refractivity contribution < 1.29 is 4.74 Å². The number of rotatable bonds is 9. The number of halogens is 1. The van der Waals surface area contributed by atoms with Gasteiger partial charge in [0.15, 0.2) is 5.96 Å². The quantitative estimate of drug-likeness (QED) is 0.273. The largest absolute Gasteiger partial charge is 0.383 e. The number of nitrogens with zero attached hydrogens (tertiary/aromatic N) is 2. The van der Waals surface area contributed by atoms with Gasteiger partial charge < -0.3 is 20.3 Å². The molecule has 116 valence electrons. The zero-order valence-electron chi connectivity index (χ0n) is 13.0. The SMILES string of the molecule is CN=C(NCCCCN(C)C(C)C)NCCOC.I. The van der Waals surface area contributed by atoms with Crippen LogP contribution in [0.5, 0.6) is 0 Å². The highest BCUT2D eigenvalue weighted by atomic mass is 127. The number of nitrogens with one attached hydrogen (secondary N) is 2. The van der Waals surface area contributed by atoms with E-state index in [-0.39, 0.29) is 24.0 Å². The van der Waals surface area contributed by atoms with Gasteiger partial charge in [0.1, 0.15) is 0 Å². The van der Waals surface area contributed by atoms with Gasteiger partial charge in [0, 0.05) is 33.3 Å². The first-order chi connectivity index (χ1) is 8.61. The third-order valence-corrected chi connectivity index (χ3v) is 2.93. The Morgan fingerprint density at radius 1 is 1.21 bits per heavy atom. The van der Waals surface area contributed by atoms with E-state index >= 15 is 0 Å².